The Labute approximate surface area is 92.4 Å². The van der Waals surface area contributed by atoms with E-state index in [2.05, 4.69) is 10.1 Å². The molecule has 5 heteroatoms. The maximum atomic E-state index is 11.2. The number of hydrogen-bond acceptors (Lipinski definition) is 4. The highest BCUT2D eigenvalue weighted by Crippen LogP contribution is 2.18. The zero-order chi connectivity index (χ0) is 11.5. The zero-order valence-corrected chi connectivity index (χ0v) is 8.73. The van der Waals surface area contributed by atoms with E-state index in [1.807, 2.05) is 0 Å². The third kappa shape index (κ3) is 1.98. The van der Waals surface area contributed by atoms with Crippen molar-refractivity contribution in [2.24, 2.45) is 0 Å². The van der Waals surface area contributed by atoms with E-state index in [0.717, 1.165) is 5.56 Å². The van der Waals surface area contributed by atoms with Gasteiger partial charge in [0.1, 0.15) is 6.61 Å². The summed E-state index contributed by atoms with van der Waals surface area (Å²) in [5.74, 6) is -0.377. The summed E-state index contributed by atoms with van der Waals surface area (Å²) in [6.07, 6.45) is -0.415. The predicted octanol–water partition coefficient (Wildman–Crippen LogP) is 1.25. The normalized spacial score (nSPS) is 18.8. The molecule has 1 aliphatic rings. The fourth-order valence-electron chi connectivity index (χ4n) is 1.53. The summed E-state index contributed by atoms with van der Waals surface area (Å²) in [5.41, 5.74) is 1.38. The van der Waals surface area contributed by atoms with Crippen LogP contribution < -0.4 is 5.32 Å². The van der Waals surface area contributed by atoms with Gasteiger partial charge in [-0.1, -0.05) is 12.1 Å². The molecule has 0 unspecified atom stereocenters. The number of cyclic esters (lactones) is 1. The molecular weight excluding hydrogens is 210 g/mol. The molecule has 1 saturated heterocycles. The molecule has 1 aromatic carbocycles. The van der Waals surface area contributed by atoms with E-state index in [9.17, 15) is 9.59 Å². The average molecular weight is 221 g/mol. The van der Waals surface area contributed by atoms with Gasteiger partial charge in [-0.25, -0.2) is 9.59 Å². The first-order chi connectivity index (χ1) is 7.70. The number of nitrogens with one attached hydrogen (secondary N) is 1. The van der Waals surface area contributed by atoms with Crippen molar-refractivity contribution in [3.63, 3.8) is 0 Å². The largest absolute Gasteiger partial charge is 0.465 e. The van der Waals surface area contributed by atoms with E-state index >= 15 is 0 Å². The van der Waals surface area contributed by atoms with Crippen molar-refractivity contribution < 1.29 is 19.1 Å². The molecule has 1 aliphatic heterocycles. The zero-order valence-electron chi connectivity index (χ0n) is 8.73. The molecule has 1 heterocycles. The van der Waals surface area contributed by atoms with Crippen LogP contribution in [0, 0.1) is 0 Å². The minimum atomic E-state index is -0.415. The van der Waals surface area contributed by atoms with Crippen molar-refractivity contribution in [1.29, 1.82) is 0 Å². The number of benzene rings is 1. The van der Waals surface area contributed by atoms with Crippen molar-refractivity contribution >= 4 is 12.1 Å². The van der Waals surface area contributed by atoms with Gasteiger partial charge < -0.3 is 14.8 Å². The van der Waals surface area contributed by atoms with Gasteiger partial charge in [-0.3, -0.25) is 0 Å². The lowest BCUT2D eigenvalue weighted by atomic mass is 10.1. The average Bonchev–Trinajstić information content (AvgIpc) is 2.75. The van der Waals surface area contributed by atoms with Crippen molar-refractivity contribution in [2.75, 3.05) is 13.7 Å². The number of amides is 1. The van der Waals surface area contributed by atoms with E-state index in [0.29, 0.717) is 12.2 Å². The fraction of sp³-hybridized carbons (Fsp3) is 0.273. The van der Waals surface area contributed by atoms with Crippen LogP contribution >= 0.6 is 0 Å². The molecule has 1 atom stereocenters. The molecule has 1 N–H and O–H groups in total. The number of carbonyl (C=O) groups is 2. The maximum absolute atomic E-state index is 11.2. The Kier molecular flexibility index (Phi) is 2.76. The van der Waals surface area contributed by atoms with Crippen LogP contribution in [0.4, 0.5) is 4.79 Å². The van der Waals surface area contributed by atoms with E-state index in [1.54, 1.807) is 24.3 Å². The van der Waals surface area contributed by atoms with Crippen LogP contribution in [0.5, 0.6) is 0 Å². The molecule has 0 radical (unpaired) electrons. The minimum absolute atomic E-state index is 0.140. The van der Waals surface area contributed by atoms with Crippen LogP contribution in [-0.4, -0.2) is 25.8 Å². The minimum Gasteiger partial charge on any atom is -0.465 e. The van der Waals surface area contributed by atoms with Crippen LogP contribution in [0.2, 0.25) is 0 Å². The summed E-state index contributed by atoms with van der Waals surface area (Å²) < 4.78 is 9.36. The van der Waals surface area contributed by atoms with E-state index in [-0.39, 0.29) is 12.0 Å². The summed E-state index contributed by atoms with van der Waals surface area (Å²) in [6, 6.07) is 6.72. The Hall–Kier alpha value is -2.04. The standard InChI is InChI=1S/C11H11NO4/c1-15-10(13)8-4-2-7(3-5-8)9-6-16-11(14)12-9/h2-5,9H,6H2,1H3,(H,12,14)/t9-/m0/s1. The molecule has 1 amide bonds. The van der Waals surface area contributed by atoms with Crippen molar-refractivity contribution in [3.05, 3.63) is 35.4 Å². The highest BCUT2D eigenvalue weighted by molar-refractivity contribution is 5.89. The van der Waals surface area contributed by atoms with E-state index < -0.39 is 6.09 Å². The lowest BCUT2D eigenvalue weighted by Crippen LogP contribution is -2.18. The van der Waals surface area contributed by atoms with Gasteiger partial charge in [-0.2, -0.15) is 0 Å². The molecule has 1 aromatic rings. The molecule has 84 valence electrons. The lowest BCUT2D eigenvalue weighted by Gasteiger charge is -2.07. The molecule has 0 bridgehead atoms. The first-order valence-corrected chi connectivity index (χ1v) is 4.82. The van der Waals surface area contributed by atoms with Gasteiger partial charge in [0, 0.05) is 0 Å². The van der Waals surface area contributed by atoms with Gasteiger partial charge in [0.25, 0.3) is 0 Å². The van der Waals surface area contributed by atoms with Crippen LogP contribution in [0.15, 0.2) is 24.3 Å². The summed E-state index contributed by atoms with van der Waals surface area (Å²) in [6.45, 7) is 0.316. The Bertz CT molecular complexity index is 412. The number of carbonyl (C=O) groups excluding carboxylic acids is 2. The summed E-state index contributed by atoms with van der Waals surface area (Å²) in [5, 5.41) is 2.66. The van der Waals surface area contributed by atoms with Gasteiger partial charge in [-0.05, 0) is 17.7 Å². The SMILES string of the molecule is COC(=O)c1ccc([C@@H]2COC(=O)N2)cc1. The van der Waals surface area contributed by atoms with E-state index in [1.165, 1.54) is 7.11 Å². The highest BCUT2D eigenvalue weighted by atomic mass is 16.6. The number of ether oxygens (including phenoxy) is 2. The molecule has 0 aromatic heterocycles. The summed E-state index contributed by atoms with van der Waals surface area (Å²) >= 11 is 0. The maximum Gasteiger partial charge on any atom is 0.407 e. The van der Waals surface area contributed by atoms with E-state index in [4.69, 9.17) is 4.74 Å². The number of esters is 1. The predicted molar refractivity (Wildman–Crippen MR) is 55.0 cm³/mol. The smallest absolute Gasteiger partial charge is 0.407 e. The first kappa shape index (κ1) is 10.5. The third-order valence-corrected chi connectivity index (χ3v) is 2.41. The molecule has 0 aliphatic carbocycles. The quantitative estimate of drug-likeness (QED) is 0.763. The van der Waals surface area contributed by atoms with Crippen LogP contribution in [-0.2, 0) is 9.47 Å². The third-order valence-electron chi connectivity index (χ3n) is 2.41. The molecule has 2 rings (SSSR count). The number of alkyl carbamates (subject to hydrolysis) is 1. The van der Waals surface area contributed by atoms with Gasteiger partial charge >= 0.3 is 12.1 Å². The van der Waals surface area contributed by atoms with Crippen LogP contribution in [0.25, 0.3) is 0 Å². The summed E-state index contributed by atoms with van der Waals surface area (Å²) in [7, 11) is 1.33. The Balaban J connectivity index is 2.13. The second-order valence-corrected chi connectivity index (χ2v) is 3.41. The molecule has 1 fully saturated rings. The Morgan fingerprint density at radius 3 is 2.62 bits per heavy atom. The molecule has 0 spiro atoms. The number of hydrogen-bond donors (Lipinski definition) is 1. The second-order valence-electron chi connectivity index (χ2n) is 3.41. The van der Waals surface area contributed by atoms with Gasteiger partial charge in [0.2, 0.25) is 0 Å². The van der Waals surface area contributed by atoms with Crippen LogP contribution in [0.3, 0.4) is 0 Å². The number of methoxy groups -OCH3 is 1. The van der Waals surface area contributed by atoms with Crippen LogP contribution in [0.1, 0.15) is 22.0 Å². The van der Waals surface area contributed by atoms with Gasteiger partial charge in [0.05, 0.1) is 18.7 Å². The highest BCUT2D eigenvalue weighted by Gasteiger charge is 2.23. The van der Waals surface area contributed by atoms with Crippen molar-refractivity contribution in [1.82, 2.24) is 5.32 Å². The van der Waals surface area contributed by atoms with Crippen molar-refractivity contribution in [3.8, 4) is 0 Å². The molecule has 16 heavy (non-hydrogen) atoms. The molecule has 0 saturated carbocycles. The Morgan fingerprint density at radius 1 is 1.44 bits per heavy atom. The lowest BCUT2D eigenvalue weighted by molar-refractivity contribution is 0.0600. The van der Waals surface area contributed by atoms with Crippen molar-refractivity contribution in [2.45, 2.75) is 6.04 Å². The van der Waals surface area contributed by atoms with Gasteiger partial charge in [-0.15, -0.1) is 0 Å². The molecular formula is C11H11NO4. The van der Waals surface area contributed by atoms with Gasteiger partial charge in [0.15, 0.2) is 0 Å². The molecule has 5 nitrogen and oxygen atoms in total. The Morgan fingerprint density at radius 2 is 2.12 bits per heavy atom. The second kappa shape index (κ2) is 4.22. The summed E-state index contributed by atoms with van der Waals surface area (Å²) in [4.78, 5) is 22.0. The monoisotopic (exact) mass is 221 g/mol. The fourth-order valence-corrected chi connectivity index (χ4v) is 1.53. The topological polar surface area (TPSA) is 64.6 Å². The number of rotatable bonds is 2. The first-order valence-electron chi connectivity index (χ1n) is 4.82.